The molecule has 0 bridgehead atoms. The first-order chi connectivity index (χ1) is 10.2. The largest absolute Gasteiger partial charge is 0.387 e. The molecule has 110 valence electrons. The van der Waals surface area contributed by atoms with Gasteiger partial charge in [0, 0.05) is 13.0 Å². The Labute approximate surface area is 128 Å². The number of hydrogen-bond acceptors (Lipinski definition) is 4. The molecule has 0 saturated carbocycles. The van der Waals surface area contributed by atoms with E-state index in [0.717, 1.165) is 40.4 Å². The van der Waals surface area contributed by atoms with Gasteiger partial charge in [-0.25, -0.2) is 9.97 Å². The lowest BCUT2D eigenvalue weighted by Crippen LogP contribution is -2.09. The van der Waals surface area contributed by atoms with Gasteiger partial charge in [-0.05, 0) is 25.5 Å². The maximum atomic E-state index is 10.5. The van der Waals surface area contributed by atoms with Crippen molar-refractivity contribution < 1.29 is 5.11 Å². The van der Waals surface area contributed by atoms with E-state index in [4.69, 9.17) is 4.98 Å². The number of hydrogen-bond donors (Lipinski definition) is 1. The highest BCUT2D eigenvalue weighted by Crippen LogP contribution is 2.26. The van der Waals surface area contributed by atoms with Crippen molar-refractivity contribution >= 4 is 22.4 Å². The first-order valence-electron chi connectivity index (χ1n) is 7.23. The smallest absolute Gasteiger partial charge is 0.112 e. The fraction of sp³-hybridized carbons (Fsp3) is 0.375. The Kier molecular flexibility index (Phi) is 4.03. The van der Waals surface area contributed by atoms with E-state index < -0.39 is 6.10 Å². The molecule has 1 aromatic carbocycles. The number of nitrogens with zero attached hydrogens (tertiary/aromatic N) is 3. The number of aromatic nitrogens is 3. The molecule has 0 amide bonds. The summed E-state index contributed by atoms with van der Waals surface area (Å²) < 4.78 is 2.22. The van der Waals surface area contributed by atoms with Crippen molar-refractivity contribution in [3.05, 3.63) is 46.2 Å². The molecule has 0 radical (unpaired) electrons. The Balaban J connectivity index is 1.96. The molecule has 0 spiro atoms. The molecular formula is C16H19N3OS. The van der Waals surface area contributed by atoms with Gasteiger partial charge >= 0.3 is 0 Å². The molecular weight excluding hydrogens is 282 g/mol. The molecule has 3 aromatic rings. The first-order valence-corrected chi connectivity index (χ1v) is 8.11. The molecule has 0 fully saturated rings. The van der Waals surface area contributed by atoms with E-state index in [2.05, 4.69) is 22.5 Å². The van der Waals surface area contributed by atoms with Crippen molar-refractivity contribution in [2.75, 3.05) is 0 Å². The van der Waals surface area contributed by atoms with Crippen molar-refractivity contribution in [2.45, 2.75) is 39.3 Å². The third-order valence-electron chi connectivity index (χ3n) is 3.64. The molecule has 21 heavy (non-hydrogen) atoms. The van der Waals surface area contributed by atoms with Crippen LogP contribution in [0.5, 0.6) is 0 Å². The van der Waals surface area contributed by atoms with E-state index in [9.17, 15) is 5.11 Å². The van der Waals surface area contributed by atoms with Crippen LogP contribution < -0.4 is 0 Å². The molecule has 1 atom stereocenters. The van der Waals surface area contributed by atoms with Crippen LogP contribution in [-0.2, 0) is 13.0 Å². The predicted molar refractivity (Wildman–Crippen MR) is 85.5 cm³/mol. The van der Waals surface area contributed by atoms with Crippen LogP contribution in [0.3, 0.4) is 0 Å². The summed E-state index contributed by atoms with van der Waals surface area (Å²) in [4.78, 5) is 9.85. The molecule has 3 rings (SSSR count). The van der Waals surface area contributed by atoms with Gasteiger partial charge in [0.25, 0.3) is 0 Å². The van der Waals surface area contributed by atoms with Gasteiger partial charge in [-0.3, -0.25) is 0 Å². The van der Waals surface area contributed by atoms with Gasteiger partial charge in [0.1, 0.15) is 5.82 Å². The quantitative estimate of drug-likeness (QED) is 0.785. The molecule has 2 aromatic heterocycles. The van der Waals surface area contributed by atoms with Crippen LogP contribution in [-0.4, -0.2) is 19.6 Å². The summed E-state index contributed by atoms with van der Waals surface area (Å²) in [7, 11) is 0. The van der Waals surface area contributed by atoms with E-state index in [1.54, 1.807) is 5.51 Å². The average Bonchev–Trinajstić information content (AvgIpc) is 3.04. The Bertz CT molecular complexity index is 747. The lowest BCUT2D eigenvalue weighted by atomic mass is 10.2. The van der Waals surface area contributed by atoms with Gasteiger partial charge in [0.15, 0.2) is 0 Å². The van der Waals surface area contributed by atoms with Gasteiger partial charge in [0.05, 0.1) is 33.2 Å². The number of aliphatic hydroxyl groups is 1. The average molecular weight is 301 g/mol. The highest BCUT2D eigenvalue weighted by atomic mass is 32.1. The maximum Gasteiger partial charge on any atom is 0.112 e. The lowest BCUT2D eigenvalue weighted by molar-refractivity contribution is 0.177. The zero-order valence-electron chi connectivity index (χ0n) is 12.3. The molecule has 4 nitrogen and oxygen atoms in total. The maximum absolute atomic E-state index is 10.5. The predicted octanol–water partition coefficient (Wildman–Crippen LogP) is 3.49. The standard InChI is InChI=1S/C16H19N3OS/c1-3-8-19-13-7-5-4-6-12(13)18-15(19)9-14(20)16-11(2)17-10-21-16/h4-7,10,14,20H,3,8-9H2,1-2H3. The first kappa shape index (κ1) is 14.2. The summed E-state index contributed by atoms with van der Waals surface area (Å²) in [6.07, 6.45) is 1.03. The zero-order valence-corrected chi connectivity index (χ0v) is 13.1. The Morgan fingerprint density at radius 3 is 2.86 bits per heavy atom. The molecule has 0 aliphatic rings. The Morgan fingerprint density at radius 2 is 2.14 bits per heavy atom. The van der Waals surface area contributed by atoms with E-state index in [0.29, 0.717) is 6.42 Å². The van der Waals surface area contributed by atoms with Crippen molar-refractivity contribution in [1.29, 1.82) is 0 Å². The Morgan fingerprint density at radius 1 is 1.33 bits per heavy atom. The molecule has 5 heteroatoms. The normalized spacial score (nSPS) is 12.9. The molecule has 0 saturated heterocycles. The molecule has 2 heterocycles. The summed E-state index contributed by atoms with van der Waals surface area (Å²) >= 11 is 1.50. The minimum atomic E-state index is -0.537. The third-order valence-corrected chi connectivity index (χ3v) is 4.67. The molecule has 1 N–H and O–H groups in total. The second-order valence-corrected chi connectivity index (χ2v) is 6.08. The highest BCUT2D eigenvalue weighted by Gasteiger charge is 2.18. The summed E-state index contributed by atoms with van der Waals surface area (Å²) in [5, 5.41) is 10.5. The molecule has 0 aliphatic carbocycles. The van der Waals surface area contributed by atoms with Gasteiger partial charge in [-0.1, -0.05) is 19.1 Å². The number of thiazole rings is 1. The fourth-order valence-corrected chi connectivity index (χ4v) is 3.44. The number of para-hydroxylation sites is 2. The monoisotopic (exact) mass is 301 g/mol. The summed E-state index contributed by atoms with van der Waals surface area (Å²) in [5.74, 6) is 0.943. The van der Waals surface area contributed by atoms with Crippen LogP contribution in [0.4, 0.5) is 0 Å². The third kappa shape index (κ3) is 2.71. The number of fused-ring (bicyclic) bond motifs is 1. The van der Waals surface area contributed by atoms with E-state index in [-0.39, 0.29) is 0 Å². The number of aryl methyl sites for hydroxylation is 2. The van der Waals surface area contributed by atoms with Crippen LogP contribution in [0.1, 0.15) is 35.8 Å². The van der Waals surface area contributed by atoms with Crippen molar-refractivity contribution in [1.82, 2.24) is 14.5 Å². The SMILES string of the molecule is CCCn1c(CC(O)c2scnc2C)nc2ccccc21. The van der Waals surface area contributed by atoms with Gasteiger partial charge in [-0.15, -0.1) is 11.3 Å². The zero-order chi connectivity index (χ0) is 14.8. The number of aliphatic hydroxyl groups excluding tert-OH is 1. The second kappa shape index (κ2) is 5.95. The van der Waals surface area contributed by atoms with Crippen molar-refractivity contribution in [2.24, 2.45) is 0 Å². The summed E-state index contributed by atoms with van der Waals surface area (Å²) in [6, 6.07) is 8.14. The van der Waals surface area contributed by atoms with Crippen LogP contribution >= 0.6 is 11.3 Å². The van der Waals surface area contributed by atoms with E-state index in [1.165, 1.54) is 11.3 Å². The fourth-order valence-electron chi connectivity index (χ4n) is 2.65. The topological polar surface area (TPSA) is 50.9 Å². The van der Waals surface area contributed by atoms with E-state index in [1.807, 2.05) is 25.1 Å². The minimum absolute atomic E-state index is 0.526. The van der Waals surface area contributed by atoms with Gasteiger partial charge < -0.3 is 9.67 Å². The van der Waals surface area contributed by atoms with Crippen LogP contribution in [0, 0.1) is 6.92 Å². The second-order valence-electron chi connectivity index (χ2n) is 5.19. The number of benzene rings is 1. The number of rotatable bonds is 5. The molecule has 0 aliphatic heterocycles. The number of imidazole rings is 1. The summed E-state index contributed by atoms with van der Waals surface area (Å²) in [5.41, 5.74) is 4.82. The van der Waals surface area contributed by atoms with Crippen LogP contribution in [0.15, 0.2) is 29.8 Å². The van der Waals surface area contributed by atoms with E-state index >= 15 is 0 Å². The van der Waals surface area contributed by atoms with Gasteiger partial charge in [-0.2, -0.15) is 0 Å². The molecule has 1 unspecified atom stereocenters. The summed E-state index contributed by atoms with van der Waals surface area (Å²) in [6.45, 7) is 5.01. The minimum Gasteiger partial charge on any atom is -0.387 e. The lowest BCUT2D eigenvalue weighted by Gasteiger charge is -2.11. The highest BCUT2D eigenvalue weighted by molar-refractivity contribution is 7.09. The Hall–Kier alpha value is -1.72. The van der Waals surface area contributed by atoms with Crippen LogP contribution in [0.2, 0.25) is 0 Å². The van der Waals surface area contributed by atoms with Gasteiger partial charge in [0.2, 0.25) is 0 Å². The van der Waals surface area contributed by atoms with Crippen molar-refractivity contribution in [3.63, 3.8) is 0 Å². The van der Waals surface area contributed by atoms with Crippen LogP contribution in [0.25, 0.3) is 11.0 Å². The van der Waals surface area contributed by atoms with Crippen molar-refractivity contribution in [3.8, 4) is 0 Å².